The molecule has 140 valence electrons. The number of fused-ring (bicyclic) bond motifs is 2. The van der Waals surface area contributed by atoms with E-state index >= 15 is 0 Å². The number of hydrogen-bond donors (Lipinski definition) is 0. The van der Waals surface area contributed by atoms with Crippen LogP contribution in [0.15, 0.2) is 30.3 Å². The molecule has 0 aliphatic rings. The van der Waals surface area contributed by atoms with E-state index in [0.29, 0.717) is 10.8 Å². The molecule has 1 aromatic carbocycles. The largest absolute Gasteiger partial charge is 0.417 e. The third-order valence-electron chi connectivity index (χ3n) is 4.35. The highest BCUT2D eigenvalue weighted by Crippen LogP contribution is 2.39. The topological polar surface area (TPSA) is 43.6 Å². The van der Waals surface area contributed by atoms with Crippen LogP contribution in [0.1, 0.15) is 37.7 Å². The third kappa shape index (κ3) is 2.97. The molecule has 4 aromatic rings. The van der Waals surface area contributed by atoms with Crippen molar-refractivity contribution in [1.29, 1.82) is 0 Å². The number of thiazole rings is 1. The highest BCUT2D eigenvalue weighted by atomic mass is 32.1. The average Bonchev–Trinajstić information content (AvgIpc) is 3.13. The van der Waals surface area contributed by atoms with Crippen LogP contribution in [0.2, 0.25) is 0 Å². The number of hydrogen-bond acceptors (Lipinski definition) is 4. The van der Waals surface area contributed by atoms with Gasteiger partial charge in [0.15, 0.2) is 5.65 Å². The second kappa shape index (κ2) is 5.76. The Kier molecular flexibility index (Phi) is 3.82. The van der Waals surface area contributed by atoms with Gasteiger partial charge < -0.3 is 0 Å². The summed E-state index contributed by atoms with van der Waals surface area (Å²) in [5.41, 5.74) is 0.370. The van der Waals surface area contributed by atoms with Crippen LogP contribution < -0.4 is 0 Å². The maximum Gasteiger partial charge on any atom is 0.417 e. The van der Waals surface area contributed by atoms with E-state index in [1.165, 1.54) is 16.0 Å². The van der Waals surface area contributed by atoms with Gasteiger partial charge in [0.2, 0.25) is 5.13 Å². The number of aromatic nitrogens is 4. The van der Waals surface area contributed by atoms with Gasteiger partial charge in [-0.1, -0.05) is 44.2 Å². The van der Waals surface area contributed by atoms with Gasteiger partial charge in [0.25, 0.3) is 0 Å². The zero-order chi connectivity index (χ0) is 19.6. The Bertz CT molecular complexity index is 1130. The molecule has 3 heterocycles. The molecule has 3 aromatic heterocycles. The maximum atomic E-state index is 13.8. The first-order chi connectivity index (χ1) is 12.6. The molecule has 0 bridgehead atoms. The van der Waals surface area contributed by atoms with E-state index in [2.05, 4.69) is 15.1 Å². The van der Waals surface area contributed by atoms with Crippen molar-refractivity contribution in [3.8, 4) is 5.13 Å². The molecular weight excluding hydrogens is 373 g/mol. The molecule has 27 heavy (non-hydrogen) atoms. The quantitative estimate of drug-likeness (QED) is 0.421. The fourth-order valence-electron chi connectivity index (χ4n) is 2.98. The van der Waals surface area contributed by atoms with E-state index in [1.807, 2.05) is 45.0 Å². The molecule has 0 spiro atoms. The zero-order valence-electron chi connectivity index (χ0n) is 15.2. The third-order valence-corrected chi connectivity index (χ3v) is 5.36. The molecule has 0 atom stereocenters. The lowest BCUT2D eigenvalue weighted by Gasteiger charge is -2.20. The van der Waals surface area contributed by atoms with Crippen molar-refractivity contribution in [2.24, 2.45) is 0 Å². The van der Waals surface area contributed by atoms with Crippen LogP contribution in [-0.4, -0.2) is 19.7 Å². The molecule has 0 aliphatic carbocycles. The highest BCUT2D eigenvalue weighted by Gasteiger charge is 2.37. The molecule has 0 unspecified atom stereocenters. The summed E-state index contributed by atoms with van der Waals surface area (Å²) >= 11 is 1.37. The Morgan fingerprint density at radius 1 is 1.04 bits per heavy atom. The van der Waals surface area contributed by atoms with Gasteiger partial charge in [-0.25, -0.2) is 9.97 Å². The predicted molar refractivity (Wildman–Crippen MR) is 100 cm³/mol. The fourth-order valence-corrected chi connectivity index (χ4v) is 3.90. The summed E-state index contributed by atoms with van der Waals surface area (Å²) in [7, 11) is 0. The van der Waals surface area contributed by atoms with E-state index < -0.39 is 17.2 Å². The number of halogens is 3. The van der Waals surface area contributed by atoms with E-state index in [1.54, 1.807) is 6.92 Å². The number of aryl methyl sites for hydroxylation is 1. The summed E-state index contributed by atoms with van der Waals surface area (Å²) in [6, 6.07) is 8.69. The number of alkyl halides is 3. The van der Waals surface area contributed by atoms with Crippen LogP contribution in [0.5, 0.6) is 0 Å². The van der Waals surface area contributed by atoms with Crippen molar-refractivity contribution in [2.45, 2.75) is 39.3 Å². The van der Waals surface area contributed by atoms with Gasteiger partial charge in [0.1, 0.15) is 0 Å². The normalized spacial score (nSPS) is 13.0. The SMILES string of the molecule is Cc1nn(-c2nc3ccccc3s2)c2nc(C(C)(C)C)cc(C(F)(F)F)c12. The number of pyridine rings is 1. The Balaban J connectivity index is 2.08. The highest BCUT2D eigenvalue weighted by molar-refractivity contribution is 7.20. The zero-order valence-corrected chi connectivity index (χ0v) is 16.0. The van der Waals surface area contributed by atoms with Gasteiger partial charge in [0, 0.05) is 11.1 Å². The predicted octanol–water partition coefficient (Wildman–Crippen LogP) is 5.65. The molecule has 0 amide bonds. The van der Waals surface area contributed by atoms with Gasteiger partial charge in [-0.2, -0.15) is 23.0 Å². The molecule has 4 nitrogen and oxygen atoms in total. The molecule has 8 heteroatoms. The molecule has 0 aliphatic heterocycles. The fraction of sp³-hybridized carbons (Fsp3) is 0.316. The number of rotatable bonds is 1. The van der Waals surface area contributed by atoms with Gasteiger partial charge in [-0.15, -0.1) is 0 Å². The molecule has 0 saturated heterocycles. The molecule has 0 N–H and O–H groups in total. The first-order valence-electron chi connectivity index (χ1n) is 8.40. The Morgan fingerprint density at radius 2 is 1.74 bits per heavy atom. The summed E-state index contributed by atoms with van der Waals surface area (Å²) in [5.74, 6) is 0. The van der Waals surface area contributed by atoms with E-state index in [9.17, 15) is 13.2 Å². The summed E-state index contributed by atoms with van der Waals surface area (Å²) in [6.45, 7) is 7.09. The monoisotopic (exact) mass is 390 g/mol. The summed E-state index contributed by atoms with van der Waals surface area (Å²) in [6.07, 6.45) is -4.49. The minimum absolute atomic E-state index is 0.0229. The number of nitrogens with zero attached hydrogens (tertiary/aromatic N) is 4. The van der Waals surface area contributed by atoms with Gasteiger partial charge in [0.05, 0.1) is 26.9 Å². The lowest BCUT2D eigenvalue weighted by atomic mass is 9.90. The van der Waals surface area contributed by atoms with E-state index in [0.717, 1.165) is 16.3 Å². The van der Waals surface area contributed by atoms with Crippen molar-refractivity contribution < 1.29 is 13.2 Å². The lowest BCUT2D eigenvalue weighted by Crippen LogP contribution is -2.17. The van der Waals surface area contributed by atoms with Crippen LogP contribution in [0.4, 0.5) is 13.2 Å². The van der Waals surface area contributed by atoms with Crippen LogP contribution >= 0.6 is 11.3 Å². The van der Waals surface area contributed by atoms with Crippen LogP contribution in [0, 0.1) is 6.92 Å². The average molecular weight is 390 g/mol. The summed E-state index contributed by atoms with van der Waals surface area (Å²) < 4.78 is 43.7. The smallest absolute Gasteiger partial charge is 0.232 e. The summed E-state index contributed by atoms with van der Waals surface area (Å²) in [5, 5.41) is 4.88. The number of para-hydroxylation sites is 1. The Morgan fingerprint density at radius 3 is 2.37 bits per heavy atom. The lowest BCUT2D eigenvalue weighted by molar-refractivity contribution is -0.136. The van der Waals surface area contributed by atoms with Crippen molar-refractivity contribution in [3.63, 3.8) is 0 Å². The van der Waals surface area contributed by atoms with Gasteiger partial charge >= 0.3 is 6.18 Å². The van der Waals surface area contributed by atoms with E-state index in [4.69, 9.17) is 0 Å². The standard InChI is InChI=1S/C19H17F3N4S/c1-10-15-11(19(20,21)22)9-14(18(2,3)4)24-16(15)26(25-10)17-23-12-7-5-6-8-13(12)27-17/h5-9H,1-4H3. The van der Waals surface area contributed by atoms with Crippen molar-refractivity contribution in [1.82, 2.24) is 19.7 Å². The maximum absolute atomic E-state index is 13.8. The molecule has 0 radical (unpaired) electrons. The van der Waals surface area contributed by atoms with E-state index in [-0.39, 0.29) is 16.7 Å². The Hall–Kier alpha value is -2.48. The van der Waals surface area contributed by atoms with Crippen LogP contribution in [0.3, 0.4) is 0 Å². The minimum atomic E-state index is -4.49. The Labute approximate surface area is 157 Å². The van der Waals surface area contributed by atoms with Crippen LogP contribution in [0.25, 0.3) is 26.4 Å². The van der Waals surface area contributed by atoms with Crippen molar-refractivity contribution in [2.75, 3.05) is 0 Å². The molecular formula is C19H17F3N4S. The van der Waals surface area contributed by atoms with Gasteiger partial charge in [-0.3, -0.25) is 0 Å². The first-order valence-corrected chi connectivity index (χ1v) is 9.21. The molecule has 4 rings (SSSR count). The minimum Gasteiger partial charge on any atom is -0.232 e. The number of benzene rings is 1. The van der Waals surface area contributed by atoms with Crippen LogP contribution in [-0.2, 0) is 11.6 Å². The van der Waals surface area contributed by atoms with Gasteiger partial charge in [-0.05, 0) is 25.1 Å². The van der Waals surface area contributed by atoms with Crippen molar-refractivity contribution >= 4 is 32.6 Å². The second-order valence-corrected chi connectivity index (χ2v) is 8.47. The molecule has 0 saturated carbocycles. The second-order valence-electron chi connectivity index (χ2n) is 7.46. The molecule has 0 fully saturated rings. The van der Waals surface area contributed by atoms with Crippen molar-refractivity contribution in [3.05, 3.63) is 47.3 Å². The first kappa shape index (κ1) is 17.9. The summed E-state index contributed by atoms with van der Waals surface area (Å²) in [4.78, 5) is 9.08.